The van der Waals surface area contributed by atoms with E-state index in [-0.39, 0.29) is 11.7 Å². The van der Waals surface area contributed by atoms with Crippen LogP contribution in [0.15, 0.2) is 53.6 Å². The predicted molar refractivity (Wildman–Crippen MR) is 94.8 cm³/mol. The van der Waals surface area contributed by atoms with Crippen molar-refractivity contribution in [1.82, 2.24) is 10.4 Å². The van der Waals surface area contributed by atoms with Crippen molar-refractivity contribution in [2.24, 2.45) is 5.10 Å². The van der Waals surface area contributed by atoms with Gasteiger partial charge in [0.15, 0.2) is 5.13 Å². The van der Waals surface area contributed by atoms with Crippen LogP contribution < -0.4 is 10.7 Å². The summed E-state index contributed by atoms with van der Waals surface area (Å²) in [7, 11) is 0. The number of carbonyl (C=O) groups excluding carboxylic acids is 1. The Bertz CT molecular complexity index is 860. The molecule has 1 amide bonds. The first kappa shape index (κ1) is 16.1. The molecule has 0 unspecified atom stereocenters. The molecule has 3 rings (SSSR count). The summed E-state index contributed by atoms with van der Waals surface area (Å²) < 4.78 is 14.1. The molecule has 0 aliphatic carbocycles. The lowest BCUT2D eigenvalue weighted by Crippen LogP contribution is -2.34. The van der Waals surface area contributed by atoms with Gasteiger partial charge in [0.05, 0.1) is 16.4 Å². The van der Waals surface area contributed by atoms with Crippen LogP contribution in [-0.4, -0.2) is 23.1 Å². The van der Waals surface area contributed by atoms with Gasteiger partial charge in [-0.25, -0.2) is 14.8 Å². The Labute approximate surface area is 142 Å². The van der Waals surface area contributed by atoms with Crippen LogP contribution in [0, 0.1) is 5.82 Å². The third kappa shape index (κ3) is 3.94. The van der Waals surface area contributed by atoms with Gasteiger partial charge in [-0.2, -0.15) is 5.10 Å². The molecule has 122 valence electrons. The number of benzene rings is 2. The van der Waals surface area contributed by atoms with Gasteiger partial charge in [0.1, 0.15) is 11.9 Å². The van der Waals surface area contributed by atoms with Crippen LogP contribution in [0.3, 0.4) is 0 Å². The predicted octanol–water partition coefficient (Wildman–Crippen LogP) is 3.39. The number of amides is 1. The number of hydrogen-bond acceptors (Lipinski definition) is 5. The lowest BCUT2D eigenvalue weighted by Gasteiger charge is -2.10. The highest BCUT2D eigenvalue weighted by atomic mass is 32.1. The molecular weight excluding hydrogens is 327 g/mol. The Morgan fingerprint density at radius 2 is 2.12 bits per heavy atom. The van der Waals surface area contributed by atoms with E-state index in [0.29, 0.717) is 10.7 Å². The van der Waals surface area contributed by atoms with Crippen molar-refractivity contribution >= 4 is 38.8 Å². The molecule has 0 saturated heterocycles. The summed E-state index contributed by atoms with van der Waals surface area (Å²) in [4.78, 5) is 16.5. The molecule has 24 heavy (non-hydrogen) atoms. The van der Waals surface area contributed by atoms with E-state index in [1.165, 1.54) is 29.7 Å². The second-order valence-corrected chi connectivity index (χ2v) is 6.17. The van der Waals surface area contributed by atoms with Crippen LogP contribution in [0.2, 0.25) is 0 Å². The zero-order chi connectivity index (χ0) is 16.9. The normalized spacial score (nSPS) is 12.4. The van der Waals surface area contributed by atoms with E-state index < -0.39 is 6.04 Å². The quantitative estimate of drug-likeness (QED) is 0.552. The van der Waals surface area contributed by atoms with E-state index in [2.05, 4.69) is 20.8 Å². The number of thiazole rings is 1. The van der Waals surface area contributed by atoms with Crippen LogP contribution in [0.25, 0.3) is 10.2 Å². The Morgan fingerprint density at radius 1 is 1.29 bits per heavy atom. The zero-order valence-electron chi connectivity index (χ0n) is 12.9. The van der Waals surface area contributed by atoms with E-state index in [0.717, 1.165) is 10.2 Å². The number of halogens is 1. The minimum atomic E-state index is -0.504. The monoisotopic (exact) mass is 342 g/mol. The van der Waals surface area contributed by atoms with E-state index in [1.807, 2.05) is 24.3 Å². The molecule has 1 aromatic heterocycles. The zero-order valence-corrected chi connectivity index (χ0v) is 13.7. The first-order chi connectivity index (χ1) is 11.6. The van der Waals surface area contributed by atoms with Gasteiger partial charge >= 0.3 is 0 Å². The number of hydrazone groups is 1. The van der Waals surface area contributed by atoms with E-state index in [4.69, 9.17) is 0 Å². The minimum absolute atomic E-state index is 0.304. The number of para-hydroxylation sites is 1. The highest BCUT2D eigenvalue weighted by Crippen LogP contribution is 2.25. The van der Waals surface area contributed by atoms with Crippen molar-refractivity contribution in [3.63, 3.8) is 0 Å². The van der Waals surface area contributed by atoms with Crippen LogP contribution in [0.4, 0.5) is 9.52 Å². The summed E-state index contributed by atoms with van der Waals surface area (Å²) in [5.41, 5.74) is 3.89. The third-order valence-corrected chi connectivity index (χ3v) is 4.23. The van der Waals surface area contributed by atoms with Gasteiger partial charge in [-0.3, -0.25) is 4.79 Å². The number of aromatic nitrogens is 1. The average Bonchev–Trinajstić information content (AvgIpc) is 2.97. The number of anilines is 1. The fourth-order valence-corrected chi connectivity index (χ4v) is 2.99. The summed E-state index contributed by atoms with van der Waals surface area (Å²) in [5.74, 6) is -0.655. The molecule has 0 spiro atoms. The van der Waals surface area contributed by atoms with E-state index >= 15 is 0 Å². The van der Waals surface area contributed by atoms with Crippen LogP contribution in [-0.2, 0) is 4.79 Å². The van der Waals surface area contributed by atoms with Gasteiger partial charge < -0.3 is 5.32 Å². The molecule has 0 fully saturated rings. The smallest absolute Gasteiger partial charge is 0.262 e. The molecule has 0 radical (unpaired) electrons. The largest absolute Gasteiger partial charge is 0.350 e. The molecule has 0 aliphatic heterocycles. The fraction of sp³-hybridized carbons (Fsp3) is 0.118. The number of nitrogens with zero attached hydrogens (tertiary/aromatic N) is 2. The second-order valence-electron chi connectivity index (χ2n) is 5.14. The molecule has 2 aromatic carbocycles. The molecule has 0 bridgehead atoms. The summed E-state index contributed by atoms with van der Waals surface area (Å²) in [5, 5.41) is 7.56. The number of carbonyl (C=O) groups is 1. The molecule has 5 nitrogen and oxygen atoms in total. The maximum absolute atomic E-state index is 13.0. The van der Waals surface area contributed by atoms with Crippen molar-refractivity contribution < 1.29 is 9.18 Å². The van der Waals surface area contributed by atoms with Crippen molar-refractivity contribution in [3.05, 3.63) is 59.9 Å². The standard InChI is InChI=1S/C17H15FN4OS/c1-11(20-17-21-14-7-2-3-8-15(14)24-17)16(23)22-19-10-12-5-4-6-13(18)9-12/h2-11H,1H3,(H,20,21)(H,22,23)/b19-10-/t11-/m1/s1. The molecule has 1 heterocycles. The highest BCUT2D eigenvalue weighted by molar-refractivity contribution is 7.22. The van der Waals surface area contributed by atoms with Crippen molar-refractivity contribution in [2.75, 3.05) is 5.32 Å². The van der Waals surface area contributed by atoms with Gasteiger partial charge in [-0.1, -0.05) is 35.6 Å². The molecular formula is C17H15FN4OS. The fourth-order valence-electron chi connectivity index (χ4n) is 2.04. The maximum Gasteiger partial charge on any atom is 0.262 e. The molecule has 0 saturated carbocycles. The Balaban J connectivity index is 1.58. The van der Waals surface area contributed by atoms with E-state index in [1.54, 1.807) is 19.1 Å². The molecule has 7 heteroatoms. The molecule has 2 N–H and O–H groups in total. The molecule has 0 aliphatic rings. The highest BCUT2D eigenvalue weighted by Gasteiger charge is 2.14. The first-order valence-corrected chi connectivity index (χ1v) is 8.14. The van der Waals surface area contributed by atoms with Gasteiger partial charge in [0.25, 0.3) is 5.91 Å². The Hall–Kier alpha value is -2.80. The van der Waals surface area contributed by atoms with Gasteiger partial charge in [-0.05, 0) is 36.8 Å². The SMILES string of the molecule is C[C@@H](Nc1nc2ccccc2s1)C(=O)N/N=C\c1cccc(F)c1. The summed E-state index contributed by atoms with van der Waals surface area (Å²) in [6.07, 6.45) is 1.39. The summed E-state index contributed by atoms with van der Waals surface area (Å²) in [6.45, 7) is 1.72. The average molecular weight is 342 g/mol. The number of nitrogens with one attached hydrogen (secondary N) is 2. The van der Waals surface area contributed by atoms with Gasteiger partial charge in [0.2, 0.25) is 0 Å². The van der Waals surface area contributed by atoms with E-state index in [9.17, 15) is 9.18 Å². The number of hydrogen-bond donors (Lipinski definition) is 2. The van der Waals surface area contributed by atoms with Crippen molar-refractivity contribution in [2.45, 2.75) is 13.0 Å². The van der Waals surface area contributed by atoms with Crippen LogP contribution in [0.1, 0.15) is 12.5 Å². The van der Waals surface area contributed by atoms with Crippen molar-refractivity contribution in [1.29, 1.82) is 0 Å². The van der Waals surface area contributed by atoms with Gasteiger partial charge in [0, 0.05) is 0 Å². The summed E-state index contributed by atoms with van der Waals surface area (Å²) >= 11 is 1.48. The number of fused-ring (bicyclic) bond motifs is 1. The minimum Gasteiger partial charge on any atom is -0.350 e. The number of rotatable bonds is 5. The Morgan fingerprint density at radius 3 is 2.92 bits per heavy atom. The van der Waals surface area contributed by atoms with Crippen LogP contribution in [0.5, 0.6) is 0 Å². The topological polar surface area (TPSA) is 66.4 Å². The van der Waals surface area contributed by atoms with Crippen molar-refractivity contribution in [3.8, 4) is 0 Å². The third-order valence-electron chi connectivity index (χ3n) is 3.26. The second kappa shape index (κ2) is 7.18. The molecule has 3 aromatic rings. The molecule has 1 atom stereocenters. The maximum atomic E-state index is 13.0. The van der Waals surface area contributed by atoms with Crippen LogP contribution >= 0.6 is 11.3 Å². The lowest BCUT2D eigenvalue weighted by molar-refractivity contribution is -0.121. The first-order valence-electron chi connectivity index (χ1n) is 7.32. The summed E-state index contributed by atoms with van der Waals surface area (Å²) in [6, 6.07) is 13.2. The lowest BCUT2D eigenvalue weighted by atomic mass is 10.2. The van der Waals surface area contributed by atoms with Gasteiger partial charge in [-0.15, -0.1) is 0 Å². The Kier molecular flexibility index (Phi) is 4.81.